The van der Waals surface area contributed by atoms with Crippen LogP contribution in [0.4, 0.5) is 34.1 Å². The zero-order valence-corrected chi connectivity index (χ0v) is 49.2. The van der Waals surface area contributed by atoms with E-state index >= 15 is 0 Å². The van der Waals surface area contributed by atoms with Gasteiger partial charge in [-0.15, -0.1) is 0 Å². The lowest BCUT2D eigenvalue weighted by Crippen LogP contribution is -2.29. The van der Waals surface area contributed by atoms with Crippen molar-refractivity contribution in [2.24, 2.45) is 0 Å². The Kier molecular flexibility index (Phi) is 10.8. The van der Waals surface area contributed by atoms with Gasteiger partial charge in [0, 0.05) is 50.2 Å². The molecule has 0 saturated carbocycles. The van der Waals surface area contributed by atoms with Crippen molar-refractivity contribution in [2.45, 2.75) is 57.8 Å². The first-order chi connectivity index (χ1) is 42.0. The lowest BCUT2D eigenvalue weighted by atomic mass is 9.67. The number of fused-ring (bicyclic) bond motifs is 16. The van der Waals surface area contributed by atoms with Crippen molar-refractivity contribution in [3.05, 3.63) is 323 Å². The Morgan fingerprint density at radius 3 is 1.43 bits per heavy atom. The van der Waals surface area contributed by atoms with E-state index in [4.69, 9.17) is 4.42 Å². The molecule has 3 heteroatoms. The molecule has 0 bridgehead atoms. The van der Waals surface area contributed by atoms with E-state index in [1.165, 1.54) is 99.4 Å². The van der Waals surface area contributed by atoms with Gasteiger partial charge in [0.25, 0.3) is 0 Å². The molecule has 3 nitrogen and oxygen atoms in total. The van der Waals surface area contributed by atoms with Crippen LogP contribution >= 0.6 is 0 Å². The van der Waals surface area contributed by atoms with Gasteiger partial charge in [-0.25, -0.2) is 0 Å². The maximum absolute atomic E-state index is 7.56. The Bertz CT molecular complexity index is 5140. The number of aryl methyl sites for hydroxylation is 2. The van der Waals surface area contributed by atoms with Crippen LogP contribution in [0.5, 0.6) is 0 Å². The van der Waals surface area contributed by atoms with Crippen LogP contribution in [0.3, 0.4) is 0 Å². The Hall–Kier alpha value is -10.2. The Morgan fingerprint density at radius 2 is 0.791 bits per heavy atom. The van der Waals surface area contributed by atoms with Crippen molar-refractivity contribution in [3.8, 4) is 33.4 Å². The minimum absolute atomic E-state index is 0.188. The summed E-state index contributed by atoms with van der Waals surface area (Å²) in [6.07, 6.45) is 0. The molecule has 1 atom stereocenters. The van der Waals surface area contributed by atoms with Crippen LogP contribution in [0, 0.1) is 13.8 Å². The fourth-order valence-corrected chi connectivity index (χ4v) is 15.6. The molecule has 0 aliphatic heterocycles. The first-order valence-corrected chi connectivity index (χ1v) is 30.3. The number of hydrogen-bond donors (Lipinski definition) is 0. The summed E-state index contributed by atoms with van der Waals surface area (Å²) in [4.78, 5) is 5.01. The van der Waals surface area contributed by atoms with Gasteiger partial charge in [0.1, 0.15) is 11.2 Å². The van der Waals surface area contributed by atoms with Crippen LogP contribution in [0.25, 0.3) is 76.9 Å². The third kappa shape index (κ3) is 7.09. The van der Waals surface area contributed by atoms with Crippen LogP contribution in [0.1, 0.15) is 83.3 Å². The molecule has 0 N–H and O–H groups in total. The van der Waals surface area contributed by atoms with Crippen molar-refractivity contribution < 1.29 is 4.42 Å². The van der Waals surface area contributed by atoms with Crippen LogP contribution < -0.4 is 9.80 Å². The average Bonchev–Trinajstić information content (AvgIpc) is 1.71. The highest BCUT2D eigenvalue weighted by molar-refractivity contribution is 6.20. The van der Waals surface area contributed by atoms with Gasteiger partial charge in [0.15, 0.2) is 0 Å². The van der Waals surface area contributed by atoms with Crippen LogP contribution in [0.2, 0.25) is 0 Å². The summed E-state index contributed by atoms with van der Waals surface area (Å²) < 4.78 is 7.56. The van der Waals surface area contributed by atoms with Gasteiger partial charge in [0.05, 0.1) is 16.5 Å². The molecule has 3 aliphatic rings. The number of hydrogen-bond acceptors (Lipinski definition) is 3. The molecule has 14 aromatic rings. The van der Waals surface area contributed by atoms with E-state index in [0.717, 1.165) is 67.2 Å². The predicted molar refractivity (Wildman–Crippen MR) is 360 cm³/mol. The standard InChI is InChI=1S/C83H62N2O/c1-51-28-36-57(37-29-51)84(59-40-43-65-63-22-12-15-25-70(63)81(3,4)72(65)47-59)60-42-45-67-74(49-60)83(55-19-8-7-9-20-55,56-35-34-54-33-32-53-18-10-11-21-62(53)69(54)46-56)75-50-76(79-68-24-14-17-27-77(68)86-80(79)78(67)75)85(58-38-30-52(2)31-39-58)61-41-44-66-64-23-13-16-26-71(64)82(5,6)73(66)48-61/h7-50H,1-6H3. The van der Waals surface area contributed by atoms with Crippen molar-refractivity contribution in [1.29, 1.82) is 0 Å². The molecule has 1 heterocycles. The summed E-state index contributed by atoms with van der Waals surface area (Å²) in [5.74, 6) is 0. The summed E-state index contributed by atoms with van der Waals surface area (Å²) in [6.45, 7) is 13.9. The molecule has 0 amide bonds. The highest BCUT2D eigenvalue weighted by atomic mass is 16.3. The molecule has 3 aliphatic carbocycles. The quantitative estimate of drug-likeness (QED) is 0.141. The largest absolute Gasteiger partial charge is 0.455 e. The first kappa shape index (κ1) is 50.3. The van der Waals surface area contributed by atoms with Gasteiger partial charge in [-0.3, -0.25) is 0 Å². The van der Waals surface area contributed by atoms with Crippen molar-refractivity contribution >= 4 is 77.6 Å². The minimum atomic E-state index is -0.879. The molecular weight excluding hydrogens is 1040 g/mol. The molecule has 0 spiro atoms. The second kappa shape index (κ2) is 18.4. The second-order valence-corrected chi connectivity index (χ2v) is 25.3. The summed E-state index contributed by atoms with van der Waals surface area (Å²) in [7, 11) is 0. The SMILES string of the molecule is Cc1ccc(N(c2ccc3c(c2)C(C)(C)c2ccccc2-3)c2ccc3c(c2)C(c2ccccc2)(c2ccc4ccc5ccccc5c4c2)c2cc(N(c4ccc(C)cc4)c4ccc5c(c4)C(C)(C)c4ccccc4-5)c4c(oc5ccccc54)c2-3)cc1. The van der Waals surface area contributed by atoms with E-state index in [0.29, 0.717) is 0 Å². The Balaban J connectivity index is 0.994. The first-order valence-electron chi connectivity index (χ1n) is 30.3. The highest BCUT2D eigenvalue weighted by Gasteiger charge is 2.49. The molecule has 1 unspecified atom stereocenters. The molecule has 13 aromatic carbocycles. The number of rotatable bonds is 8. The van der Waals surface area contributed by atoms with Gasteiger partial charge < -0.3 is 14.2 Å². The van der Waals surface area contributed by atoms with E-state index in [1.807, 2.05) is 0 Å². The summed E-state index contributed by atoms with van der Waals surface area (Å²) in [5.41, 5.74) is 26.9. The van der Waals surface area contributed by atoms with Gasteiger partial charge >= 0.3 is 0 Å². The van der Waals surface area contributed by atoms with E-state index in [9.17, 15) is 0 Å². The summed E-state index contributed by atoms with van der Waals surface area (Å²) >= 11 is 0. The number of anilines is 6. The Morgan fingerprint density at radius 1 is 0.314 bits per heavy atom. The number of para-hydroxylation sites is 1. The number of benzene rings is 13. The third-order valence-electron chi connectivity index (χ3n) is 19.8. The number of nitrogens with zero attached hydrogens (tertiary/aromatic N) is 2. The molecular formula is C83H62N2O. The number of furan rings is 1. The zero-order chi connectivity index (χ0) is 57.8. The molecule has 0 saturated heterocycles. The smallest absolute Gasteiger partial charge is 0.145 e. The molecule has 410 valence electrons. The van der Waals surface area contributed by atoms with Crippen molar-refractivity contribution in [1.82, 2.24) is 0 Å². The van der Waals surface area contributed by atoms with Crippen LogP contribution in [0.15, 0.2) is 271 Å². The van der Waals surface area contributed by atoms with Crippen molar-refractivity contribution in [3.63, 3.8) is 0 Å². The topological polar surface area (TPSA) is 19.6 Å². The fraction of sp³-hybridized carbons (Fsp3) is 0.108. The van der Waals surface area contributed by atoms with Crippen LogP contribution in [-0.2, 0) is 16.2 Å². The lowest BCUT2D eigenvalue weighted by molar-refractivity contribution is 0.660. The molecule has 0 fully saturated rings. The lowest BCUT2D eigenvalue weighted by Gasteiger charge is -2.36. The predicted octanol–water partition coefficient (Wildman–Crippen LogP) is 22.4. The average molecular weight is 1100 g/mol. The molecule has 0 radical (unpaired) electrons. The highest BCUT2D eigenvalue weighted by Crippen LogP contribution is 2.63. The van der Waals surface area contributed by atoms with Crippen LogP contribution in [-0.4, -0.2) is 0 Å². The van der Waals surface area contributed by atoms with Gasteiger partial charge in [-0.1, -0.05) is 227 Å². The zero-order valence-electron chi connectivity index (χ0n) is 49.2. The van der Waals surface area contributed by atoms with E-state index in [-0.39, 0.29) is 10.8 Å². The summed E-state index contributed by atoms with van der Waals surface area (Å²) in [5, 5.41) is 7.03. The van der Waals surface area contributed by atoms with E-state index in [2.05, 4.69) is 318 Å². The maximum atomic E-state index is 7.56. The molecule has 17 rings (SSSR count). The van der Waals surface area contributed by atoms with Gasteiger partial charge in [-0.05, 0) is 187 Å². The third-order valence-corrected chi connectivity index (χ3v) is 19.8. The van der Waals surface area contributed by atoms with Crippen molar-refractivity contribution in [2.75, 3.05) is 9.80 Å². The van der Waals surface area contributed by atoms with Gasteiger partial charge in [0.2, 0.25) is 0 Å². The van der Waals surface area contributed by atoms with E-state index < -0.39 is 5.41 Å². The molecule has 1 aromatic heterocycles. The maximum Gasteiger partial charge on any atom is 0.145 e. The van der Waals surface area contributed by atoms with Gasteiger partial charge in [-0.2, -0.15) is 0 Å². The Labute approximate surface area is 502 Å². The minimum Gasteiger partial charge on any atom is -0.455 e. The summed E-state index contributed by atoms with van der Waals surface area (Å²) in [6, 6.07) is 101. The van der Waals surface area contributed by atoms with E-state index in [1.54, 1.807) is 0 Å². The fourth-order valence-electron chi connectivity index (χ4n) is 15.6. The second-order valence-electron chi connectivity index (χ2n) is 25.3. The molecule has 86 heavy (non-hydrogen) atoms. The normalized spacial score (nSPS) is 15.6. The monoisotopic (exact) mass is 1100 g/mol.